The van der Waals surface area contributed by atoms with Gasteiger partial charge in [0, 0.05) is 23.9 Å². The number of fused-ring (bicyclic) bond motifs is 1. The van der Waals surface area contributed by atoms with Gasteiger partial charge in [0.15, 0.2) is 0 Å². The molecule has 0 radical (unpaired) electrons. The quantitative estimate of drug-likeness (QED) is 0.421. The lowest BCUT2D eigenvalue weighted by atomic mass is 10.00. The molecule has 6 heteroatoms. The smallest absolute Gasteiger partial charge is 0.242 e. The van der Waals surface area contributed by atoms with Crippen molar-refractivity contribution >= 4 is 23.2 Å². The number of amides is 2. The first-order chi connectivity index (χ1) is 16.2. The number of carbonyl (C=O) groups is 2. The van der Waals surface area contributed by atoms with Crippen LogP contribution in [0, 0.1) is 11.8 Å². The van der Waals surface area contributed by atoms with Crippen LogP contribution in [0.5, 0.6) is 5.75 Å². The molecule has 0 saturated heterocycles. The van der Waals surface area contributed by atoms with Gasteiger partial charge in [-0.05, 0) is 53.0 Å². The first kappa shape index (κ1) is 26.3. The average Bonchev–Trinajstić information content (AvgIpc) is 3.30. The topological polar surface area (TPSA) is 49.9 Å². The minimum absolute atomic E-state index is 0.00194. The maximum atomic E-state index is 13.6. The Labute approximate surface area is 209 Å². The van der Waals surface area contributed by atoms with Crippen LogP contribution in [0.3, 0.4) is 0 Å². The van der Waals surface area contributed by atoms with Crippen LogP contribution in [-0.4, -0.2) is 47.9 Å². The lowest BCUT2D eigenvalue weighted by Crippen LogP contribution is -2.49. The van der Waals surface area contributed by atoms with E-state index in [4.69, 9.17) is 4.74 Å². The third-order valence-corrected chi connectivity index (χ3v) is 7.73. The van der Waals surface area contributed by atoms with Crippen LogP contribution in [0.2, 0.25) is 0 Å². The highest BCUT2D eigenvalue weighted by Crippen LogP contribution is 2.34. The summed E-state index contributed by atoms with van der Waals surface area (Å²) >= 11 is 1.75. The molecule has 2 unspecified atom stereocenters. The normalized spacial score (nSPS) is 16.5. The van der Waals surface area contributed by atoms with Crippen molar-refractivity contribution < 1.29 is 14.3 Å². The van der Waals surface area contributed by atoms with E-state index in [1.807, 2.05) is 30.9 Å². The molecule has 0 fully saturated rings. The molecule has 3 rings (SSSR count). The molecule has 0 saturated carbocycles. The number of hydrogen-bond donors (Lipinski definition) is 0. The van der Waals surface area contributed by atoms with Crippen molar-refractivity contribution in [1.82, 2.24) is 9.80 Å². The molecule has 1 aliphatic heterocycles. The van der Waals surface area contributed by atoms with Gasteiger partial charge in [-0.2, -0.15) is 0 Å². The molecule has 0 aliphatic carbocycles. The summed E-state index contributed by atoms with van der Waals surface area (Å²) in [7, 11) is 0. The molecular weight excluding hydrogens is 444 g/mol. The van der Waals surface area contributed by atoms with Crippen molar-refractivity contribution in [2.75, 3.05) is 26.2 Å². The van der Waals surface area contributed by atoms with Crippen LogP contribution in [0.4, 0.5) is 0 Å². The number of ether oxygens (including phenoxy) is 1. The highest BCUT2D eigenvalue weighted by atomic mass is 32.1. The second-order valence-corrected chi connectivity index (χ2v) is 11.1. The zero-order valence-corrected chi connectivity index (χ0v) is 22.4. The number of nitrogens with zero attached hydrogens (tertiary/aromatic N) is 2. The summed E-state index contributed by atoms with van der Waals surface area (Å²) in [6, 6.07) is 10.2. The van der Waals surface area contributed by atoms with E-state index in [-0.39, 0.29) is 30.3 Å². The van der Waals surface area contributed by atoms with E-state index in [9.17, 15) is 9.59 Å². The van der Waals surface area contributed by atoms with E-state index in [0.717, 1.165) is 18.6 Å². The third-order valence-electron chi connectivity index (χ3n) is 6.73. The van der Waals surface area contributed by atoms with Crippen molar-refractivity contribution in [3.05, 3.63) is 51.7 Å². The third kappa shape index (κ3) is 6.41. The fourth-order valence-corrected chi connectivity index (χ4v) is 5.28. The molecular formula is C28H40N2O3S. The van der Waals surface area contributed by atoms with E-state index in [2.05, 4.69) is 51.3 Å². The van der Waals surface area contributed by atoms with E-state index in [1.165, 1.54) is 16.0 Å². The molecule has 2 heterocycles. The molecule has 2 aromatic rings. The lowest BCUT2D eigenvalue weighted by Gasteiger charge is -2.37. The molecule has 0 bridgehead atoms. The summed E-state index contributed by atoms with van der Waals surface area (Å²) < 4.78 is 6.19. The molecule has 0 spiro atoms. The number of thiophene rings is 1. The Morgan fingerprint density at radius 2 is 1.82 bits per heavy atom. The monoisotopic (exact) mass is 484 g/mol. The van der Waals surface area contributed by atoms with Gasteiger partial charge in [-0.1, -0.05) is 60.1 Å². The van der Waals surface area contributed by atoms with Crippen LogP contribution < -0.4 is 4.74 Å². The van der Waals surface area contributed by atoms with Gasteiger partial charge in [-0.3, -0.25) is 9.59 Å². The molecule has 1 aromatic heterocycles. The molecule has 34 heavy (non-hydrogen) atoms. The van der Waals surface area contributed by atoms with Gasteiger partial charge in [-0.25, -0.2) is 0 Å². The minimum atomic E-state index is -0.146. The summed E-state index contributed by atoms with van der Waals surface area (Å²) in [5.74, 6) is 1.55. The van der Waals surface area contributed by atoms with Crippen LogP contribution in [-0.2, 0) is 16.0 Å². The van der Waals surface area contributed by atoms with Crippen molar-refractivity contribution in [3.63, 3.8) is 0 Å². The molecule has 0 N–H and O–H groups in total. The van der Waals surface area contributed by atoms with Gasteiger partial charge in [0.25, 0.3) is 0 Å². The maximum absolute atomic E-state index is 13.6. The molecule has 5 nitrogen and oxygen atoms in total. The van der Waals surface area contributed by atoms with Gasteiger partial charge < -0.3 is 14.5 Å². The largest absolute Gasteiger partial charge is 0.491 e. The van der Waals surface area contributed by atoms with E-state index in [0.29, 0.717) is 31.5 Å². The molecule has 1 aliphatic rings. The van der Waals surface area contributed by atoms with Gasteiger partial charge in [0.1, 0.15) is 12.4 Å². The highest BCUT2D eigenvalue weighted by molar-refractivity contribution is 7.10. The summed E-state index contributed by atoms with van der Waals surface area (Å²) in [4.78, 5) is 31.4. The highest BCUT2D eigenvalue weighted by Gasteiger charge is 2.34. The zero-order valence-electron chi connectivity index (χ0n) is 21.5. The molecule has 2 atom stereocenters. The Morgan fingerprint density at radius 1 is 1.12 bits per heavy atom. The number of benzene rings is 1. The van der Waals surface area contributed by atoms with Crippen LogP contribution in [0.15, 0.2) is 35.7 Å². The predicted molar refractivity (Wildman–Crippen MR) is 139 cm³/mol. The summed E-state index contributed by atoms with van der Waals surface area (Å²) in [6.45, 7) is 14.2. The standard InChI is InChI=1S/C28H40N2O3S/c1-7-21(6)16-29(28(32)20(4)5)17-27(31)30-14-12-26-24(13-15-34-26)25(30)18-33-23-10-8-22(9-11-23)19(2)3/h8-11,13,15,19-21,25H,7,12,14,16-18H2,1-6H3. The van der Waals surface area contributed by atoms with Crippen molar-refractivity contribution in [2.24, 2.45) is 11.8 Å². The number of rotatable bonds is 10. The fourth-order valence-electron chi connectivity index (χ4n) is 4.36. The Bertz CT molecular complexity index is 951. The minimum Gasteiger partial charge on any atom is -0.491 e. The second kappa shape index (κ2) is 11.9. The van der Waals surface area contributed by atoms with Gasteiger partial charge in [0.2, 0.25) is 11.8 Å². The summed E-state index contributed by atoms with van der Waals surface area (Å²) in [6.07, 6.45) is 1.83. The second-order valence-electron chi connectivity index (χ2n) is 10.1. The van der Waals surface area contributed by atoms with Crippen LogP contribution in [0.25, 0.3) is 0 Å². The molecule has 186 valence electrons. The Hall–Kier alpha value is -2.34. The average molecular weight is 485 g/mol. The van der Waals surface area contributed by atoms with E-state index >= 15 is 0 Å². The van der Waals surface area contributed by atoms with Gasteiger partial charge in [-0.15, -0.1) is 11.3 Å². The van der Waals surface area contributed by atoms with Gasteiger partial charge in [0.05, 0.1) is 12.6 Å². The summed E-state index contributed by atoms with van der Waals surface area (Å²) in [5.41, 5.74) is 2.45. The Kier molecular flexibility index (Phi) is 9.17. The number of hydrogen-bond acceptors (Lipinski definition) is 4. The van der Waals surface area contributed by atoms with E-state index < -0.39 is 0 Å². The maximum Gasteiger partial charge on any atom is 0.242 e. The SMILES string of the molecule is CCC(C)CN(CC(=O)N1CCc2sccc2C1COc1ccc(C(C)C)cc1)C(=O)C(C)C. The lowest BCUT2D eigenvalue weighted by molar-refractivity contribution is -0.144. The first-order valence-corrected chi connectivity index (χ1v) is 13.5. The Morgan fingerprint density at radius 3 is 2.44 bits per heavy atom. The van der Waals surface area contributed by atoms with Crippen LogP contribution in [0.1, 0.15) is 75.9 Å². The van der Waals surface area contributed by atoms with Crippen molar-refractivity contribution in [2.45, 2.75) is 66.3 Å². The predicted octanol–water partition coefficient (Wildman–Crippen LogP) is 5.91. The van der Waals surface area contributed by atoms with Gasteiger partial charge >= 0.3 is 0 Å². The molecule has 2 amide bonds. The van der Waals surface area contributed by atoms with Crippen molar-refractivity contribution in [1.29, 1.82) is 0 Å². The summed E-state index contributed by atoms with van der Waals surface area (Å²) in [5, 5.41) is 2.10. The fraction of sp³-hybridized carbons (Fsp3) is 0.571. The van der Waals surface area contributed by atoms with Crippen LogP contribution >= 0.6 is 11.3 Å². The molecule has 1 aromatic carbocycles. The van der Waals surface area contributed by atoms with Crippen molar-refractivity contribution in [3.8, 4) is 5.75 Å². The Balaban J connectivity index is 1.76. The van der Waals surface area contributed by atoms with E-state index in [1.54, 1.807) is 16.2 Å². The first-order valence-electron chi connectivity index (χ1n) is 12.6. The number of carbonyl (C=O) groups excluding carboxylic acids is 2. The zero-order chi connectivity index (χ0) is 24.8.